The highest BCUT2D eigenvalue weighted by atomic mass is 32.2. The van der Waals surface area contributed by atoms with Crippen LogP contribution in [0.25, 0.3) is 16.8 Å². The maximum absolute atomic E-state index is 5.80. The molecule has 0 aliphatic carbocycles. The van der Waals surface area contributed by atoms with Crippen molar-refractivity contribution >= 4 is 34.9 Å². The number of anilines is 1. The van der Waals surface area contributed by atoms with E-state index >= 15 is 0 Å². The Bertz CT molecular complexity index is 1390. The summed E-state index contributed by atoms with van der Waals surface area (Å²) in [6.45, 7) is 3.96. The van der Waals surface area contributed by atoms with Gasteiger partial charge in [-0.15, -0.1) is 5.11 Å². The average molecular weight is 483 g/mol. The molecule has 34 heavy (non-hydrogen) atoms. The van der Waals surface area contributed by atoms with Gasteiger partial charge in [-0.3, -0.25) is 4.98 Å². The largest absolute Gasteiger partial charge is 0.496 e. The molecule has 0 fully saturated rings. The molecule has 3 aromatic carbocycles. The van der Waals surface area contributed by atoms with E-state index in [4.69, 9.17) is 4.74 Å². The maximum Gasteiger partial charge on any atom is 0.128 e. The molecule has 5 nitrogen and oxygen atoms in total. The molecule has 0 bridgehead atoms. The van der Waals surface area contributed by atoms with Crippen LogP contribution in [0.3, 0.4) is 0 Å². The van der Waals surface area contributed by atoms with Gasteiger partial charge in [0.25, 0.3) is 0 Å². The first-order valence-corrected chi connectivity index (χ1v) is 12.3. The first-order chi connectivity index (χ1) is 16.6. The van der Waals surface area contributed by atoms with Crippen molar-refractivity contribution in [3.8, 4) is 16.9 Å². The van der Waals surface area contributed by atoms with E-state index in [1.807, 2.05) is 49.1 Å². The van der Waals surface area contributed by atoms with E-state index in [1.54, 1.807) is 30.1 Å². The van der Waals surface area contributed by atoms with Crippen LogP contribution < -0.4 is 9.75 Å². The zero-order valence-electron chi connectivity index (χ0n) is 18.8. The molecule has 0 N–H and O–H groups in total. The van der Waals surface area contributed by atoms with E-state index in [0.717, 1.165) is 22.6 Å². The molecule has 2 heterocycles. The van der Waals surface area contributed by atoms with Crippen LogP contribution in [-0.2, 0) is 0 Å². The second-order valence-electron chi connectivity index (χ2n) is 7.54. The maximum atomic E-state index is 5.80. The van der Waals surface area contributed by atoms with E-state index in [9.17, 15) is 0 Å². The Morgan fingerprint density at radius 1 is 0.882 bits per heavy atom. The van der Waals surface area contributed by atoms with Gasteiger partial charge in [-0.25, -0.2) is 5.01 Å². The van der Waals surface area contributed by atoms with Crippen LogP contribution in [-0.4, -0.2) is 19.1 Å². The second-order valence-corrected chi connectivity index (χ2v) is 9.68. The first-order valence-electron chi connectivity index (χ1n) is 10.7. The fraction of sp³-hybridized carbons (Fsp3) is 0.0741. The number of rotatable bonds is 6. The van der Waals surface area contributed by atoms with Crippen LogP contribution in [0, 0.1) is 0 Å². The Morgan fingerprint density at radius 3 is 2.41 bits per heavy atom. The molecule has 1 aromatic heterocycles. The lowest BCUT2D eigenvalue weighted by Crippen LogP contribution is -2.08. The molecule has 0 unspecified atom stereocenters. The molecule has 4 aromatic rings. The number of methoxy groups -OCH3 is 1. The van der Waals surface area contributed by atoms with Crippen LogP contribution in [0.1, 0.15) is 5.69 Å². The molecular weight excluding hydrogens is 460 g/mol. The van der Waals surface area contributed by atoms with Crippen molar-refractivity contribution in [1.29, 1.82) is 0 Å². The van der Waals surface area contributed by atoms with Gasteiger partial charge in [-0.05, 0) is 42.5 Å². The van der Waals surface area contributed by atoms with E-state index < -0.39 is 0 Å². The monoisotopic (exact) mass is 482 g/mol. The lowest BCUT2D eigenvalue weighted by Gasteiger charge is -2.22. The number of pyridine rings is 1. The molecule has 1 aliphatic heterocycles. The smallest absolute Gasteiger partial charge is 0.128 e. The Labute approximate surface area is 207 Å². The molecule has 0 amide bonds. The van der Waals surface area contributed by atoms with Crippen molar-refractivity contribution in [3.63, 3.8) is 0 Å². The van der Waals surface area contributed by atoms with Gasteiger partial charge in [-0.2, -0.15) is 0 Å². The predicted octanol–water partition coefficient (Wildman–Crippen LogP) is 7.85. The Balaban J connectivity index is 1.43. The summed E-state index contributed by atoms with van der Waals surface area (Å²) in [5.74, 6) is 0.779. The number of ether oxygens (including phenoxy) is 1. The molecular formula is C27H22N4OS2. The van der Waals surface area contributed by atoms with E-state index in [2.05, 4.69) is 70.4 Å². The van der Waals surface area contributed by atoms with E-state index in [1.165, 1.54) is 19.6 Å². The molecule has 5 rings (SSSR count). The van der Waals surface area contributed by atoms with Crippen LogP contribution in [0.5, 0.6) is 5.75 Å². The highest BCUT2D eigenvalue weighted by molar-refractivity contribution is 8.05. The summed E-state index contributed by atoms with van der Waals surface area (Å²) >= 11 is 3.62. The quantitative estimate of drug-likeness (QED) is 0.182. The minimum absolute atomic E-state index is 0.502. The topological polar surface area (TPSA) is 50.1 Å². The fourth-order valence-electron chi connectivity index (χ4n) is 3.62. The predicted molar refractivity (Wildman–Crippen MR) is 140 cm³/mol. The van der Waals surface area contributed by atoms with Gasteiger partial charge in [0.1, 0.15) is 11.4 Å². The zero-order chi connectivity index (χ0) is 23.5. The summed E-state index contributed by atoms with van der Waals surface area (Å²) in [7, 11) is 3.54. The Hall–Kier alpha value is -3.55. The number of hydrogen-bond acceptors (Lipinski definition) is 6. The third-order valence-electron chi connectivity index (χ3n) is 5.37. The molecule has 7 heteroatoms. The van der Waals surface area contributed by atoms with Crippen LogP contribution in [0.2, 0.25) is 0 Å². The first kappa shape index (κ1) is 22.3. The van der Waals surface area contributed by atoms with Crippen LogP contribution in [0.15, 0.2) is 122 Å². The third kappa shape index (κ3) is 4.44. The van der Waals surface area contributed by atoms with Crippen molar-refractivity contribution in [1.82, 2.24) is 4.98 Å². The molecule has 0 saturated carbocycles. The van der Waals surface area contributed by atoms with Gasteiger partial charge in [0, 0.05) is 50.0 Å². The van der Waals surface area contributed by atoms with Crippen molar-refractivity contribution in [2.45, 2.75) is 19.6 Å². The lowest BCUT2D eigenvalue weighted by atomic mass is 10.0. The summed E-state index contributed by atoms with van der Waals surface area (Å²) in [5.41, 5.74) is 4.25. The summed E-state index contributed by atoms with van der Waals surface area (Å²) in [5, 5.41) is 10.2. The normalized spacial score (nSPS) is 12.2. The van der Waals surface area contributed by atoms with Gasteiger partial charge in [0.05, 0.1) is 18.5 Å². The van der Waals surface area contributed by atoms with Crippen molar-refractivity contribution < 1.29 is 4.74 Å². The number of aromatic nitrogens is 1. The van der Waals surface area contributed by atoms with E-state index in [0.29, 0.717) is 11.4 Å². The summed E-state index contributed by atoms with van der Waals surface area (Å²) in [6, 6.07) is 26.6. The van der Waals surface area contributed by atoms with Gasteiger partial charge in [0.15, 0.2) is 0 Å². The minimum Gasteiger partial charge on any atom is -0.496 e. The number of fused-ring (bicyclic) bond motifs is 2. The molecule has 0 saturated heterocycles. The summed E-state index contributed by atoms with van der Waals surface area (Å²) < 4.78 is 5.80. The molecule has 168 valence electrons. The zero-order valence-corrected chi connectivity index (χ0v) is 20.4. The highest BCUT2D eigenvalue weighted by Gasteiger charge is 2.21. The number of benzene rings is 3. The van der Waals surface area contributed by atoms with Crippen LogP contribution >= 0.6 is 23.5 Å². The van der Waals surface area contributed by atoms with Crippen molar-refractivity contribution in [3.05, 3.63) is 97.3 Å². The highest BCUT2D eigenvalue weighted by Crippen LogP contribution is 2.52. The lowest BCUT2D eigenvalue weighted by molar-refractivity contribution is 0.416. The van der Waals surface area contributed by atoms with Crippen LogP contribution in [0.4, 0.5) is 5.69 Å². The van der Waals surface area contributed by atoms with Gasteiger partial charge in [-0.1, -0.05) is 65.7 Å². The fourth-order valence-corrected chi connectivity index (χ4v) is 6.02. The van der Waals surface area contributed by atoms with Crippen molar-refractivity contribution in [2.24, 2.45) is 10.3 Å². The van der Waals surface area contributed by atoms with Gasteiger partial charge >= 0.3 is 0 Å². The SMILES string of the molecule is C=C(N=NN(C)c1ccc(-c2cccc3c2Sc2ccccc2S3)c(OC)c1)c1ccccn1. The average Bonchev–Trinajstić information content (AvgIpc) is 2.90. The van der Waals surface area contributed by atoms with Crippen molar-refractivity contribution in [2.75, 3.05) is 19.2 Å². The molecule has 0 spiro atoms. The van der Waals surface area contributed by atoms with E-state index in [-0.39, 0.29) is 0 Å². The van der Waals surface area contributed by atoms with Gasteiger partial charge < -0.3 is 4.74 Å². The Kier molecular flexibility index (Phi) is 6.38. The second kappa shape index (κ2) is 9.75. The minimum atomic E-state index is 0.502. The number of nitrogens with zero attached hydrogens (tertiary/aromatic N) is 4. The Morgan fingerprint density at radius 2 is 1.65 bits per heavy atom. The third-order valence-corrected chi connectivity index (χ3v) is 7.98. The number of hydrogen-bond donors (Lipinski definition) is 0. The summed E-state index contributed by atoms with van der Waals surface area (Å²) in [6.07, 6.45) is 1.71. The standard InChI is InChI=1S/C27H22N4OS2/c1-18(22-10-6-7-16-28-22)29-30-31(2)19-14-15-20(23(17-19)32-3)21-9-8-13-26-27(21)34-25-12-5-4-11-24(25)33-26/h4-17H,1H2,2-3H3. The van der Waals surface area contributed by atoms with Gasteiger partial charge in [0.2, 0.25) is 0 Å². The molecule has 0 atom stereocenters. The molecule has 0 radical (unpaired) electrons. The molecule has 1 aliphatic rings. The summed E-state index contributed by atoms with van der Waals surface area (Å²) in [4.78, 5) is 9.32.